The van der Waals surface area contributed by atoms with E-state index in [2.05, 4.69) is 0 Å². The first-order valence-corrected chi connectivity index (χ1v) is 7.35. The van der Waals surface area contributed by atoms with Gasteiger partial charge in [0.05, 0.1) is 5.69 Å². The third kappa shape index (κ3) is 2.76. The summed E-state index contributed by atoms with van der Waals surface area (Å²) >= 11 is 0. The van der Waals surface area contributed by atoms with Gasteiger partial charge in [-0.05, 0) is 32.0 Å². The fourth-order valence-electron chi connectivity index (χ4n) is 1.76. The second-order valence-electron chi connectivity index (χ2n) is 4.19. The summed E-state index contributed by atoms with van der Waals surface area (Å²) in [5.74, 6) is 0. The second kappa shape index (κ2) is 5.58. The fraction of sp³-hybridized carbons (Fsp3) is 0.500. The predicted molar refractivity (Wildman–Crippen MR) is 75.3 cm³/mol. The van der Waals surface area contributed by atoms with E-state index in [1.54, 1.807) is 12.1 Å². The molecule has 1 rings (SSSR count). The minimum absolute atomic E-state index is 0.260. The zero-order chi connectivity index (χ0) is 13.9. The summed E-state index contributed by atoms with van der Waals surface area (Å²) in [5, 5.41) is 0. The number of anilines is 2. The highest BCUT2D eigenvalue weighted by molar-refractivity contribution is 7.89. The minimum Gasteiger partial charge on any atom is -0.399 e. The number of benzene rings is 1. The summed E-state index contributed by atoms with van der Waals surface area (Å²) in [7, 11) is -0.447. The van der Waals surface area contributed by atoms with Crippen molar-refractivity contribution in [3.05, 3.63) is 18.2 Å². The zero-order valence-electron chi connectivity index (χ0n) is 11.3. The van der Waals surface area contributed by atoms with Crippen LogP contribution in [0.25, 0.3) is 0 Å². The monoisotopic (exact) mass is 271 g/mol. The summed E-state index contributed by atoms with van der Waals surface area (Å²) in [4.78, 5) is 2.26. The maximum Gasteiger partial charge on any atom is 0.244 e. The van der Waals surface area contributed by atoms with Crippen molar-refractivity contribution < 1.29 is 8.42 Å². The van der Waals surface area contributed by atoms with E-state index in [1.165, 1.54) is 24.5 Å². The molecule has 6 heteroatoms. The van der Waals surface area contributed by atoms with Crippen LogP contribution < -0.4 is 10.6 Å². The van der Waals surface area contributed by atoms with Crippen molar-refractivity contribution in [2.24, 2.45) is 0 Å². The number of hydrogen-bond acceptors (Lipinski definition) is 4. The molecule has 5 nitrogen and oxygen atoms in total. The molecule has 0 saturated carbocycles. The van der Waals surface area contributed by atoms with Crippen LogP contribution in [0.1, 0.15) is 13.8 Å². The third-order valence-electron chi connectivity index (χ3n) is 2.85. The molecule has 18 heavy (non-hydrogen) atoms. The molecule has 0 aliphatic carbocycles. The Hall–Kier alpha value is -1.27. The Kier molecular flexibility index (Phi) is 4.59. The molecule has 0 saturated heterocycles. The molecule has 0 aliphatic rings. The first-order chi connectivity index (χ1) is 8.34. The van der Waals surface area contributed by atoms with Gasteiger partial charge in [-0.2, -0.15) is 0 Å². The van der Waals surface area contributed by atoms with Crippen molar-refractivity contribution in [1.82, 2.24) is 4.31 Å². The first-order valence-electron chi connectivity index (χ1n) is 5.91. The van der Waals surface area contributed by atoms with E-state index in [1.807, 2.05) is 18.7 Å². The standard InChI is InChI=1S/C12H21N3O2S/c1-5-15(6-2)11-8-7-10(13)9-12(11)18(16,17)14(3)4/h7-9H,5-6,13H2,1-4H3. The van der Waals surface area contributed by atoms with Crippen LogP contribution in [0, 0.1) is 0 Å². The van der Waals surface area contributed by atoms with E-state index < -0.39 is 10.0 Å². The van der Waals surface area contributed by atoms with Crippen molar-refractivity contribution in [3.8, 4) is 0 Å². The highest BCUT2D eigenvalue weighted by atomic mass is 32.2. The van der Waals surface area contributed by atoms with Crippen LogP contribution >= 0.6 is 0 Å². The number of nitrogens with zero attached hydrogens (tertiary/aromatic N) is 2. The summed E-state index contributed by atoms with van der Waals surface area (Å²) < 4.78 is 25.8. The SMILES string of the molecule is CCN(CC)c1ccc(N)cc1S(=O)(=O)N(C)C. The van der Waals surface area contributed by atoms with Crippen molar-refractivity contribution in [3.63, 3.8) is 0 Å². The molecule has 0 fully saturated rings. The topological polar surface area (TPSA) is 66.6 Å². The molecule has 0 aliphatic heterocycles. The summed E-state index contributed by atoms with van der Waals surface area (Å²) in [6, 6.07) is 5.00. The van der Waals surface area contributed by atoms with Crippen LogP contribution in [0.4, 0.5) is 11.4 Å². The molecule has 102 valence electrons. The highest BCUT2D eigenvalue weighted by Gasteiger charge is 2.23. The molecule has 1 aromatic rings. The first kappa shape index (κ1) is 14.8. The second-order valence-corrected chi connectivity index (χ2v) is 6.31. The molecule has 0 radical (unpaired) electrons. The lowest BCUT2D eigenvalue weighted by Gasteiger charge is -2.25. The van der Waals surface area contributed by atoms with Gasteiger partial charge in [-0.15, -0.1) is 0 Å². The molecule has 1 aromatic carbocycles. The Morgan fingerprint density at radius 1 is 1.17 bits per heavy atom. The number of nitrogen functional groups attached to an aromatic ring is 1. The maximum absolute atomic E-state index is 12.3. The molecular formula is C12H21N3O2S. The summed E-state index contributed by atoms with van der Waals surface area (Å²) in [6.45, 7) is 5.48. The van der Waals surface area contributed by atoms with E-state index in [0.717, 1.165) is 13.1 Å². The van der Waals surface area contributed by atoms with Gasteiger partial charge in [0.15, 0.2) is 0 Å². The fourth-order valence-corrected chi connectivity index (χ4v) is 2.90. The lowest BCUT2D eigenvalue weighted by Crippen LogP contribution is -2.28. The van der Waals surface area contributed by atoms with Crippen LogP contribution in [0.5, 0.6) is 0 Å². The Balaban J connectivity index is 3.46. The number of nitrogens with two attached hydrogens (primary N) is 1. The van der Waals surface area contributed by atoms with Gasteiger partial charge in [0.25, 0.3) is 0 Å². The minimum atomic E-state index is -3.48. The average molecular weight is 271 g/mol. The van der Waals surface area contributed by atoms with Gasteiger partial charge in [0.2, 0.25) is 10.0 Å². The molecule has 0 amide bonds. The Labute approximate surface area is 109 Å². The van der Waals surface area contributed by atoms with Crippen molar-refractivity contribution >= 4 is 21.4 Å². The molecule has 0 unspecified atom stereocenters. The van der Waals surface area contributed by atoms with E-state index in [-0.39, 0.29) is 4.90 Å². The Bertz CT molecular complexity index is 508. The normalized spacial score (nSPS) is 11.8. The van der Waals surface area contributed by atoms with Gasteiger partial charge in [0, 0.05) is 32.9 Å². The van der Waals surface area contributed by atoms with Crippen molar-refractivity contribution in [2.45, 2.75) is 18.7 Å². The van der Waals surface area contributed by atoms with Crippen LogP contribution in [-0.4, -0.2) is 39.9 Å². The maximum atomic E-state index is 12.3. The molecule has 2 N–H and O–H groups in total. The van der Waals surface area contributed by atoms with Gasteiger partial charge < -0.3 is 10.6 Å². The van der Waals surface area contributed by atoms with Crippen LogP contribution in [0.15, 0.2) is 23.1 Å². The van der Waals surface area contributed by atoms with Gasteiger partial charge >= 0.3 is 0 Å². The van der Waals surface area contributed by atoms with E-state index in [9.17, 15) is 8.42 Å². The predicted octanol–water partition coefficient (Wildman–Crippen LogP) is 1.37. The lowest BCUT2D eigenvalue weighted by molar-refractivity contribution is 0.520. The zero-order valence-corrected chi connectivity index (χ0v) is 12.2. The third-order valence-corrected chi connectivity index (χ3v) is 4.69. The van der Waals surface area contributed by atoms with Crippen molar-refractivity contribution in [1.29, 1.82) is 0 Å². The van der Waals surface area contributed by atoms with Gasteiger partial charge in [-0.25, -0.2) is 12.7 Å². The molecular weight excluding hydrogens is 250 g/mol. The molecule has 0 heterocycles. The van der Waals surface area contributed by atoms with Crippen molar-refractivity contribution in [2.75, 3.05) is 37.8 Å². The van der Waals surface area contributed by atoms with Gasteiger partial charge in [-0.3, -0.25) is 0 Å². The van der Waals surface area contributed by atoms with Crippen LogP contribution in [0.3, 0.4) is 0 Å². The largest absolute Gasteiger partial charge is 0.399 e. The summed E-state index contributed by atoms with van der Waals surface area (Å²) in [5.41, 5.74) is 6.85. The van der Waals surface area contributed by atoms with E-state index in [0.29, 0.717) is 11.4 Å². The van der Waals surface area contributed by atoms with E-state index in [4.69, 9.17) is 5.73 Å². The van der Waals surface area contributed by atoms with Gasteiger partial charge in [-0.1, -0.05) is 0 Å². The molecule has 0 aromatic heterocycles. The number of hydrogen-bond donors (Lipinski definition) is 1. The smallest absolute Gasteiger partial charge is 0.244 e. The summed E-state index contributed by atoms with van der Waals surface area (Å²) in [6.07, 6.45) is 0. The lowest BCUT2D eigenvalue weighted by atomic mass is 10.2. The quantitative estimate of drug-likeness (QED) is 0.821. The molecule has 0 spiro atoms. The molecule has 0 atom stereocenters. The van der Waals surface area contributed by atoms with Crippen LogP contribution in [-0.2, 0) is 10.0 Å². The molecule has 0 bridgehead atoms. The average Bonchev–Trinajstić information content (AvgIpc) is 2.32. The highest BCUT2D eigenvalue weighted by Crippen LogP contribution is 2.28. The van der Waals surface area contributed by atoms with Gasteiger partial charge in [0.1, 0.15) is 4.90 Å². The number of sulfonamides is 1. The number of rotatable bonds is 5. The van der Waals surface area contributed by atoms with E-state index >= 15 is 0 Å². The Morgan fingerprint density at radius 3 is 2.17 bits per heavy atom. The Morgan fingerprint density at radius 2 is 1.72 bits per heavy atom. The van der Waals surface area contributed by atoms with Crippen LogP contribution in [0.2, 0.25) is 0 Å².